The zero-order valence-corrected chi connectivity index (χ0v) is 23.1. The molecular formula is C31H33F2N5O4. The van der Waals surface area contributed by atoms with Gasteiger partial charge in [-0.25, -0.2) is 8.78 Å². The molecule has 5 heterocycles. The lowest BCUT2D eigenvalue weighted by molar-refractivity contribution is -0.0326. The number of ether oxygens (including phenoxy) is 1. The van der Waals surface area contributed by atoms with Crippen molar-refractivity contribution in [2.24, 2.45) is 0 Å². The zero-order valence-electron chi connectivity index (χ0n) is 23.1. The summed E-state index contributed by atoms with van der Waals surface area (Å²) in [6.45, 7) is 1.81. The van der Waals surface area contributed by atoms with Gasteiger partial charge in [0, 0.05) is 37.8 Å². The van der Waals surface area contributed by atoms with E-state index < -0.39 is 23.1 Å². The number of piperidine rings is 1. The molecule has 0 saturated carbocycles. The van der Waals surface area contributed by atoms with Gasteiger partial charge in [-0.3, -0.25) is 9.88 Å². The number of aromatic hydroxyl groups is 1. The molecule has 2 aromatic heterocycles. The normalized spacial score (nSPS) is 24.0. The van der Waals surface area contributed by atoms with Crippen LogP contribution in [0.25, 0.3) is 32.9 Å². The number of hydrogen-bond donors (Lipinski definition) is 3. The van der Waals surface area contributed by atoms with Crippen LogP contribution < -0.4 is 9.64 Å². The van der Waals surface area contributed by atoms with Gasteiger partial charge in [-0.1, -0.05) is 24.3 Å². The average molecular weight is 578 g/mol. The summed E-state index contributed by atoms with van der Waals surface area (Å²) in [5.74, 6) is -0.263. The van der Waals surface area contributed by atoms with E-state index in [-0.39, 0.29) is 36.2 Å². The number of phenolic OH excluding ortho intramolecular Hbond substituents is 1. The lowest BCUT2D eigenvalue weighted by Crippen LogP contribution is -2.47. The lowest BCUT2D eigenvalue weighted by Gasteiger charge is -2.38. The van der Waals surface area contributed by atoms with E-state index in [1.807, 2.05) is 29.2 Å². The van der Waals surface area contributed by atoms with E-state index >= 15 is 4.39 Å². The van der Waals surface area contributed by atoms with Crippen LogP contribution in [-0.4, -0.2) is 91.9 Å². The number of nitrogens with zero attached hydrogens (tertiary/aromatic N) is 5. The fourth-order valence-corrected chi connectivity index (χ4v) is 6.95. The first kappa shape index (κ1) is 27.2. The van der Waals surface area contributed by atoms with Crippen LogP contribution >= 0.6 is 0 Å². The molecule has 7 rings (SSSR count). The van der Waals surface area contributed by atoms with Crippen molar-refractivity contribution in [3.63, 3.8) is 0 Å². The van der Waals surface area contributed by atoms with Crippen molar-refractivity contribution >= 4 is 27.5 Å². The summed E-state index contributed by atoms with van der Waals surface area (Å²) in [6, 6.07) is 10.5. The molecule has 3 saturated heterocycles. The molecule has 0 aliphatic carbocycles. The Morgan fingerprint density at radius 3 is 2.67 bits per heavy atom. The number of aliphatic hydroxyl groups is 2. The zero-order chi connectivity index (χ0) is 29.1. The number of alkyl halides is 1. The van der Waals surface area contributed by atoms with Crippen LogP contribution in [0.1, 0.15) is 32.1 Å². The van der Waals surface area contributed by atoms with Crippen LogP contribution in [0.3, 0.4) is 0 Å². The summed E-state index contributed by atoms with van der Waals surface area (Å²) in [5.41, 5.74) is -1.12. The molecule has 42 heavy (non-hydrogen) atoms. The van der Waals surface area contributed by atoms with E-state index in [0.717, 1.165) is 30.2 Å². The van der Waals surface area contributed by atoms with E-state index in [1.54, 1.807) is 6.07 Å². The Morgan fingerprint density at radius 2 is 1.86 bits per heavy atom. The Hall–Kier alpha value is -3.67. The summed E-state index contributed by atoms with van der Waals surface area (Å²) in [5, 5.41) is 32.5. The van der Waals surface area contributed by atoms with Crippen molar-refractivity contribution in [3.8, 4) is 23.0 Å². The number of benzene rings is 2. The largest absolute Gasteiger partial charge is 0.508 e. The van der Waals surface area contributed by atoms with Crippen molar-refractivity contribution in [1.29, 1.82) is 0 Å². The quantitative estimate of drug-likeness (QED) is 0.313. The molecule has 3 aliphatic heterocycles. The number of fused-ring (bicyclic) bond motifs is 3. The highest BCUT2D eigenvalue weighted by atomic mass is 19.1. The molecule has 11 heteroatoms. The molecule has 9 nitrogen and oxygen atoms in total. The van der Waals surface area contributed by atoms with Crippen LogP contribution in [-0.2, 0) is 0 Å². The van der Waals surface area contributed by atoms with Gasteiger partial charge in [0.25, 0.3) is 0 Å². The molecule has 2 atom stereocenters. The third-order valence-electron chi connectivity index (χ3n) is 9.26. The van der Waals surface area contributed by atoms with Gasteiger partial charge in [0.2, 0.25) is 0 Å². The number of phenols is 1. The molecule has 0 spiro atoms. The fraction of sp³-hybridized carbons (Fsp3) is 0.452. The predicted molar refractivity (Wildman–Crippen MR) is 154 cm³/mol. The number of anilines is 1. The SMILES string of the molecule is OCC1(O)CCN(c2nc(OC[C@@]34CCCN3CC(F)C4)nc3c(F)c(-c4cc(O)cc5ccccc45)ncc23)CC1. The standard InChI is InChI=1S/C31H33F2N5O4/c32-20-14-30(6-3-9-38(30)16-20)18-42-29-35-27-24(28(36-29)37-10-7-31(41,17-39)8-11-37)15-34-26(25(27)33)23-13-21(40)12-19-4-1-2-5-22(19)23/h1-2,4-5,12-13,15,20,39-41H,3,6-11,14,16-18H2/t20?,30-/m0/s1. The molecule has 0 radical (unpaired) electrons. The van der Waals surface area contributed by atoms with Crippen molar-refractivity contribution in [1.82, 2.24) is 19.9 Å². The minimum absolute atomic E-state index is 0.00909. The molecular weight excluding hydrogens is 544 g/mol. The van der Waals surface area contributed by atoms with E-state index in [1.165, 1.54) is 12.3 Å². The number of hydrogen-bond acceptors (Lipinski definition) is 9. The highest BCUT2D eigenvalue weighted by Crippen LogP contribution is 2.41. The van der Waals surface area contributed by atoms with Crippen molar-refractivity contribution in [2.75, 3.05) is 44.3 Å². The van der Waals surface area contributed by atoms with Gasteiger partial charge in [0.05, 0.1) is 23.1 Å². The number of pyridine rings is 1. The monoisotopic (exact) mass is 577 g/mol. The van der Waals surface area contributed by atoms with Crippen molar-refractivity contribution in [3.05, 3.63) is 48.4 Å². The third-order valence-corrected chi connectivity index (χ3v) is 9.26. The molecule has 3 N–H and O–H groups in total. The molecule has 3 fully saturated rings. The Kier molecular flexibility index (Phi) is 6.63. The van der Waals surface area contributed by atoms with E-state index in [9.17, 15) is 19.7 Å². The summed E-state index contributed by atoms with van der Waals surface area (Å²) < 4.78 is 37.0. The van der Waals surface area contributed by atoms with Crippen LogP contribution in [0.5, 0.6) is 11.8 Å². The van der Waals surface area contributed by atoms with Gasteiger partial charge in [-0.15, -0.1) is 0 Å². The number of halogens is 2. The van der Waals surface area contributed by atoms with Gasteiger partial charge in [-0.2, -0.15) is 9.97 Å². The first-order chi connectivity index (χ1) is 20.3. The first-order valence-corrected chi connectivity index (χ1v) is 14.5. The van der Waals surface area contributed by atoms with Gasteiger partial charge in [0.1, 0.15) is 35.6 Å². The minimum atomic E-state index is -1.18. The smallest absolute Gasteiger partial charge is 0.319 e. The molecule has 4 aromatic rings. The van der Waals surface area contributed by atoms with Crippen LogP contribution in [0.2, 0.25) is 0 Å². The van der Waals surface area contributed by atoms with E-state index in [0.29, 0.717) is 55.7 Å². The van der Waals surface area contributed by atoms with Gasteiger partial charge in [0.15, 0.2) is 5.82 Å². The Balaban J connectivity index is 1.32. The molecule has 2 aromatic carbocycles. The fourth-order valence-electron chi connectivity index (χ4n) is 6.95. The minimum Gasteiger partial charge on any atom is -0.508 e. The Morgan fingerprint density at radius 1 is 1.05 bits per heavy atom. The molecule has 0 bridgehead atoms. The molecule has 220 valence electrons. The molecule has 0 amide bonds. The second-order valence-corrected chi connectivity index (χ2v) is 12.0. The van der Waals surface area contributed by atoms with E-state index in [4.69, 9.17) is 4.74 Å². The van der Waals surface area contributed by atoms with Crippen LogP contribution in [0.15, 0.2) is 42.6 Å². The average Bonchev–Trinajstić information content (AvgIpc) is 3.52. The number of rotatable bonds is 6. The lowest BCUT2D eigenvalue weighted by atomic mass is 9.92. The molecule has 1 unspecified atom stereocenters. The van der Waals surface area contributed by atoms with Crippen LogP contribution in [0, 0.1) is 5.82 Å². The maximum atomic E-state index is 16.5. The van der Waals surface area contributed by atoms with Crippen molar-refractivity contribution in [2.45, 2.75) is 49.4 Å². The summed E-state index contributed by atoms with van der Waals surface area (Å²) in [4.78, 5) is 17.7. The maximum absolute atomic E-state index is 16.5. The summed E-state index contributed by atoms with van der Waals surface area (Å²) in [7, 11) is 0. The highest BCUT2D eigenvalue weighted by Gasteiger charge is 2.49. The van der Waals surface area contributed by atoms with Crippen LogP contribution in [0.4, 0.5) is 14.6 Å². The topological polar surface area (TPSA) is 115 Å². The second-order valence-electron chi connectivity index (χ2n) is 12.0. The van der Waals surface area contributed by atoms with E-state index in [2.05, 4.69) is 19.9 Å². The summed E-state index contributed by atoms with van der Waals surface area (Å²) >= 11 is 0. The van der Waals surface area contributed by atoms with Gasteiger partial charge >= 0.3 is 6.01 Å². The number of aliphatic hydroxyl groups excluding tert-OH is 1. The highest BCUT2D eigenvalue weighted by molar-refractivity contribution is 5.99. The summed E-state index contributed by atoms with van der Waals surface area (Å²) in [6.07, 6.45) is 3.39. The first-order valence-electron chi connectivity index (χ1n) is 14.5. The Bertz CT molecular complexity index is 1660. The van der Waals surface area contributed by atoms with Crippen molar-refractivity contribution < 1.29 is 28.8 Å². The second kappa shape index (κ2) is 10.3. The third kappa shape index (κ3) is 4.60. The Labute approximate surface area is 241 Å². The predicted octanol–water partition coefficient (Wildman–Crippen LogP) is 3.97. The van der Waals surface area contributed by atoms with Gasteiger partial charge in [-0.05, 0) is 55.1 Å². The maximum Gasteiger partial charge on any atom is 0.319 e. The number of aromatic nitrogens is 3. The van der Waals surface area contributed by atoms with Gasteiger partial charge < -0.3 is 25.0 Å². The molecule has 3 aliphatic rings.